The molecule has 23 heavy (non-hydrogen) atoms. The van der Waals surface area contributed by atoms with Gasteiger partial charge in [-0.15, -0.1) is 13.2 Å². The van der Waals surface area contributed by atoms with Gasteiger partial charge in [0.05, 0.1) is 5.92 Å². The van der Waals surface area contributed by atoms with Gasteiger partial charge in [0.1, 0.15) is 10.6 Å². The Morgan fingerprint density at radius 1 is 1.30 bits per heavy atom. The predicted octanol–water partition coefficient (Wildman–Crippen LogP) is 2.07. The summed E-state index contributed by atoms with van der Waals surface area (Å²) < 4.78 is 67.0. The predicted molar refractivity (Wildman–Crippen MR) is 72.2 cm³/mol. The monoisotopic (exact) mass is 353 g/mol. The summed E-state index contributed by atoms with van der Waals surface area (Å²) >= 11 is 0. The van der Waals surface area contributed by atoms with Crippen molar-refractivity contribution < 1.29 is 36.2 Å². The third kappa shape index (κ3) is 4.14. The lowest BCUT2D eigenvalue weighted by Gasteiger charge is -2.30. The number of piperidine rings is 1. The topological polar surface area (TPSA) is 83.9 Å². The number of rotatable bonds is 4. The SMILES string of the molecule is O=C(O)[C@H]1CCCN(S(=O)(=O)c2ccccc2OC(F)(F)F)C1. The molecule has 1 aliphatic heterocycles. The number of carboxylic acid groups (broad SMARTS) is 1. The standard InChI is InChI=1S/C13H14F3NO5S/c14-13(15,16)22-10-5-1-2-6-11(10)23(20,21)17-7-3-4-9(8-17)12(18)19/h1-2,5-6,9H,3-4,7-8H2,(H,18,19)/t9-/m0/s1. The molecule has 1 heterocycles. The summed E-state index contributed by atoms with van der Waals surface area (Å²) in [6.45, 7) is -0.232. The van der Waals surface area contributed by atoms with Crippen molar-refractivity contribution in [1.82, 2.24) is 4.31 Å². The average molecular weight is 353 g/mol. The van der Waals surface area contributed by atoms with Crippen LogP contribution in [-0.2, 0) is 14.8 Å². The normalized spacial score (nSPS) is 20.2. The zero-order valence-corrected chi connectivity index (χ0v) is 12.6. The molecule has 1 aromatic carbocycles. The Kier molecular flexibility index (Phi) is 4.85. The first-order valence-electron chi connectivity index (χ1n) is 6.69. The highest BCUT2D eigenvalue weighted by molar-refractivity contribution is 7.89. The van der Waals surface area contributed by atoms with Crippen molar-refractivity contribution in [2.24, 2.45) is 5.92 Å². The lowest BCUT2D eigenvalue weighted by Crippen LogP contribution is -2.42. The smallest absolute Gasteiger partial charge is 0.481 e. The highest BCUT2D eigenvalue weighted by atomic mass is 32.2. The third-order valence-corrected chi connectivity index (χ3v) is 5.33. The van der Waals surface area contributed by atoms with Gasteiger partial charge < -0.3 is 9.84 Å². The quantitative estimate of drug-likeness (QED) is 0.896. The van der Waals surface area contributed by atoms with Crippen LogP contribution in [-0.4, -0.2) is 43.3 Å². The first-order valence-corrected chi connectivity index (χ1v) is 8.13. The van der Waals surface area contributed by atoms with Crippen molar-refractivity contribution in [3.63, 3.8) is 0 Å². The van der Waals surface area contributed by atoms with E-state index in [9.17, 15) is 26.4 Å². The van der Waals surface area contributed by atoms with E-state index in [-0.39, 0.29) is 13.1 Å². The van der Waals surface area contributed by atoms with Crippen LogP contribution in [0.2, 0.25) is 0 Å². The Morgan fingerprint density at radius 3 is 2.57 bits per heavy atom. The molecule has 0 amide bonds. The largest absolute Gasteiger partial charge is 0.573 e. The van der Waals surface area contributed by atoms with Gasteiger partial charge >= 0.3 is 12.3 Å². The second-order valence-electron chi connectivity index (χ2n) is 5.03. The van der Waals surface area contributed by atoms with Gasteiger partial charge in [0.25, 0.3) is 0 Å². The molecule has 1 aromatic rings. The Balaban J connectivity index is 2.35. The first kappa shape index (κ1) is 17.5. The van der Waals surface area contributed by atoms with E-state index in [1.165, 1.54) is 12.1 Å². The van der Waals surface area contributed by atoms with Crippen LogP contribution in [0, 0.1) is 5.92 Å². The van der Waals surface area contributed by atoms with Crippen LogP contribution in [0.1, 0.15) is 12.8 Å². The van der Waals surface area contributed by atoms with Gasteiger partial charge in [-0.25, -0.2) is 8.42 Å². The lowest BCUT2D eigenvalue weighted by molar-refractivity contribution is -0.275. The highest BCUT2D eigenvalue weighted by Gasteiger charge is 2.37. The fourth-order valence-corrected chi connectivity index (χ4v) is 4.01. The molecule has 1 aliphatic rings. The number of alkyl halides is 3. The molecule has 128 valence electrons. The van der Waals surface area contributed by atoms with Gasteiger partial charge in [-0.05, 0) is 25.0 Å². The lowest BCUT2D eigenvalue weighted by atomic mass is 10.0. The molecular formula is C13H14F3NO5S. The zero-order valence-electron chi connectivity index (χ0n) is 11.8. The van der Waals surface area contributed by atoms with E-state index in [1.807, 2.05) is 0 Å². The molecule has 1 atom stereocenters. The maximum absolute atomic E-state index is 12.5. The van der Waals surface area contributed by atoms with E-state index < -0.39 is 38.9 Å². The molecule has 6 nitrogen and oxygen atoms in total. The van der Waals surface area contributed by atoms with E-state index in [4.69, 9.17) is 5.11 Å². The molecule has 2 rings (SSSR count). The van der Waals surface area contributed by atoms with Gasteiger partial charge in [0, 0.05) is 13.1 Å². The second-order valence-corrected chi connectivity index (χ2v) is 6.94. The minimum absolute atomic E-state index is 0.0481. The van der Waals surface area contributed by atoms with Crippen LogP contribution in [0.25, 0.3) is 0 Å². The number of nitrogens with zero attached hydrogens (tertiary/aromatic N) is 1. The summed E-state index contributed by atoms with van der Waals surface area (Å²) in [5.41, 5.74) is 0. The number of para-hydroxylation sites is 1. The first-order chi connectivity index (χ1) is 10.6. The molecule has 0 aromatic heterocycles. The Labute approximate surface area is 130 Å². The van der Waals surface area contributed by atoms with Crippen LogP contribution in [0.5, 0.6) is 5.75 Å². The van der Waals surface area contributed by atoms with Crippen molar-refractivity contribution in [3.8, 4) is 5.75 Å². The summed E-state index contributed by atoms with van der Waals surface area (Å²) in [6, 6.07) is 4.39. The molecule has 1 saturated heterocycles. The molecule has 1 fully saturated rings. The van der Waals surface area contributed by atoms with Crippen molar-refractivity contribution in [1.29, 1.82) is 0 Å². The number of benzene rings is 1. The third-order valence-electron chi connectivity index (χ3n) is 3.43. The van der Waals surface area contributed by atoms with Crippen LogP contribution < -0.4 is 4.74 Å². The second kappa shape index (κ2) is 6.36. The molecule has 0 bridgehead atoms. The highest BCUT2D eigenvalue weighted by Crippen LogP contribution is 2.32. The minimum atomic E-state index is -5.03. The van der Waals surface area contributed by atoms with Crippen LogP contribution in [0.3, 0.4) is 0 Å². The fourth-order valence-electron chi connectivity index (χ4n) is 2.37. The number of sulfonamides is 1. The number of hydrogen-bond acceptors (Lipinski definition) is 4. The Bertz CT molecular complexity index is 689. The van der Waals surface area contributed by atoms with Crippen molar-refractivity contribution in [2.75, 3.05) is 13.1 Å². The van der Waals surface area contributed by atoms with Gasteiger partial charge in [-0.3, -0.25) is 4.79 Å². The number of ether oxygens (including phenoxy) is 1. The average Bonchev–Trinajstić information content (AvgIpc) is 2.46. The summed E-state index contributed by atoms with van der Waals surface area (Å²) in [6.07, 6.45) is -4.39. The van der Waals surface area contributed by atoms with E-state index in [1.54, 1.807) is 0 Å². The van der Waals surface area contributed by atoms with Crippen LogP contribution in [0.4, 0.5) is 13.2 Å². The fraction of sp³-hybridized carbons (Fsp3) is 0.462. The van der Waals surface area contributed by atoms with E-state index in [0.717, 1.165) is 16.4 Å². The number of aliphatic carboxylic acids is 1. The maximum atomic E-state index is 12.5. The van der Waals surface area contributed by atoms with E-state index >= 15 is 0 Å². The van der Waals surface area contributed by atoms with Gasteiger partial charge in [-0.2, -0.15) is 4.31 Å². The molecule has 1 N–H and O–H groups in total. The van der Waals surface area contributed by atoms with Crippen molar-refractivity contribution in [2.45, 2.75) is 24.1 Å². The Hall–Kier alpha value is -1.81. The van der Waals surface area contributed by atoms with E-state index in [2.05, 4.69) is 4.74 Å². The molecular weight excluding hydrogens is 339 g/mol. The van der Waals surface area contributed by atoms with E-state index in [0.29, 0.717) is 12.8 Å². The number of carboxylic acids is 1. The molecule has 0 aliphatic carbocycles. The minimum Gasteiger partial charge on any atom is -0.481 e. The van der Waals surface area contributed by atoms with Crippen molar-refractivity contribution >= 4 is 16.0 Å². The molecule has 0 radical (unpaired) electrons. The molecule has 0 spiro atoms. The summed E-state index contributed by atoms with van der Waals surface area (Å²) in [7, 11) is -4.29. The summed E-state index contributed by atoms with van der Waals surface area (Å²) in [5.74, 6) is -2.85. The van der Waals surface area contributed by atoms with Gasteiger partial charge in [0.15, 0.2) is 0 Å². The Morgan fingerprint density at radius 2 is 1.96 bits per heavy atom. The number of hydrogen-bond donors (Lipinski definition) is 1. The number of carbonyl (C=O) groups is 1. The summed E-state index contributed by atoms with van der Waals surface area (Å²) in [5, 5.41) is 9.00. The van der Waals surface area contributed by atoms with Crippen LogP contribution >= 0.6 is 0 Å². The maximum Gasteiger partial charge on any atom is 0.573 e. The molecule has 0 unspecified atom stereocenters. The zero-order chi connectivity index (χ0) is 17.3. The van der Waals surface area contributed by atoms with Gasteiger partial charge in [0.2, 0.25) is 10.0 Å². The van der Waals surface area contributed by atoms with Crippen molar-refractivity contribution in [3.05, 3.63) is 24.3 Å². The van der Waals surface area contributed by atoms with Gasteiger partial charge in [-0.1, -0.05) is 12.1 Å². The molecule has 0 saturated carbocycles. The number of halogens is 3. The summed E-state index contributed by atoms with van der Waals surface area (Å²) in [4.78, 5) is 10.4. The van der Waals surface area contributed by atoms with Crippen LogP contribution in [0.15, 0.2) is 29.2 Å². The molecule has 10 heteroatoms.